The van der Waals surface area contributed by atoms with Gasteiger partial charge in [-0.05, 0) is 0 Å². The Kier molecular flexibility index (Phi) is 183. The molecular weight excluding hydrogens is 182 g/mol. The van der Waals surface area contributed by atoms with E-state index in [0.29, 0.717) is 0 Å². The fourth-order valence-electron chi connectivity index (χ4n) is 0. The van der Waals surface area contributed by atoms with Crippen LogP contribution in [0.4, 0.5) is 0 Å². The Bertz CT molecular complexity index is 8.00. The normalized spacial score (nSPS) is 0. The summed E-state index contributed by atoms with van der Waals surface area (Å²) in [4.78, 5) is 0. The molecule has 0 nitrogen and oxygen atoms in total. The van der Waals surface area contributed by atoms with Gasteiger partial charge in [0, 0.05) is 55.7 Å². The maximum Gasteiger partial charge on any atom is 0 e. The zero-order chi connectivity index (χ0) is 0. The molecular formula is H2InLiSSi. The summed E-state index contributed by atoms with van der Waals surface area (Å²) in [6.07, 6.45) is 0. The smallest absolute Gasteiger partial charge is 0 e. The van der Waals surface area contributed by atoms with Gasteiger partial charge in [0.1, 0.15) is 0 Å². The molecule has 0 N–H and O–H groups in total. The fourth-order valence-corrected chi connectivity index (χ4v) is 0. The van der Waals surface area contributed by atoms with Gasteiger partial charge in [0.2, 0.25) is 0 Å². The average Bonchev–Trinajstić information content (AvgIpc) is 0. The molecule has 0 aromatic rings. The largest absolute Gasteiger partial charge is 0.197 e. The Hall–Kier alpha value is 2.03. The third-order valence-electron chi connectivity index (χ3n) is 0. The predicted octanol–water partition coefficient (Wildman–Crippen LogP) is -1.03. The Labute approximate surface area is 68.5 Å². The molecule has 0 aromatic heterocycles. The van der Waals surface area contributed by atoms with Crippen molar-refractivity contribution in [2.24, 2.45) is 0 Å². The number of rotatable bonds is 0. The van der Waals surface area contributed by atoms with Gasteiger partial charge < -0.3 is 0 Å². The van der Waals surface area contributed by atoms with Crippen molar-refractivity contribution in [1.29, 1.82) is 0 Å². The van der Waals surface area contributed by atoms with E-state index in [1.807, 2.05) is 0 Å². The topological polar surface area (TPSA) is 0 Å². The van der Waals surface area contributed by atoms with E-state index in [1.165, 1.54) is 0 Å². The van der Waals surface area contributed by atoms with Gasteiger partial charge in [-0.15, -0.1) is 0 Å². The monoisotopic (exact) mass is 184 g/mol. The first-order valence-corrected chi connectivity index (χ1v) is 0. The molecule has 0 aromatic carbocycles. The first-order valence-electron chi connectivity index (χ1n) is 0. The van der Waals surface area contributed by atoms with Crippen LogP contribution in [-0.4, -0.2) is 55.7 Å². The molecule has 0 atom stereocenters. The predicted molar refractivity (Wildman–Crippen MR) is 27.6 cm³/mol. The van der Waals surface area contributed by atoms with Crippen LogP contribution < -0.4 is 0 Å². The van der Waals surface area contributed by atoms with Gasteiger partial charge in [0.05, 0.1) is 0 Å². The van der Waals surface area contributed by atoms with Crippen LogP contribution in [0.25, 0.3) is 0 Å². The fraction of sp³-hybridized carbons (Fsp3) is 0. The summed E-state index contributed by atoms with van der Waals surface area (Å²) < 4.78 is 0. The number of hydrogen-bond donors (Lipinski definition) is 0. The van der Waals surface area contributed by atoms with Crippen LogP contribution in [0, 0.1) is 0 Å². The summed E-state index contributed by atoms with van der Waals surface area (Å²) in [6.45, 7) is 0. The molecule has 4 heavy (non-hydrogen) atoms. The van der Waals surface area contributed by atoms with Crippen molar-refractivity contribution in [2.45, 2.75) is 0 Å². The maximum atomic E-state index is 0. The van der Waals surface area contributed by atoms with Gasteiger partial charge in [0.25, 0.3) is 0 Å². The van der Waals surface area contributed by atoms with E-state index < -0.39 is 0 Å². The van der Waals surface area contributed by atoms with Crippen LogP contribution in [0.15, 0.2) is 0 Å². The van der Waals surface area contributed by atoms with E-state index >= 15 is 0 Å². The van der Waals surface area contributed by atoms with E-state index in [1.54, 1.807) is 0 Å². The Morgan fingerprint density at radius 3 is 1.00 bits per heavy atom. The standard InChI is InChI=1S/In.Li.H2S.Si/h;;1H2;. The van der Waals surface area contributed by atoms with Gasteiger partial charge in [0.15, 0.2) is 0 Å². The first-order chi connectivity index (χ1) is 0. The molecule has 0 unspecified atom stereocenters. The summed E-state index contributed by atoms with van der Waals surface area (Å²) in [6, 6.07) is 0. The van der Waals surface area contributed by atoms with Crippen LogP contribution in [0.3, 0.4) is 0 Å². The van der Waals surface area contributed by atoms with E-state index in [-0.39, 0.29) is 69.2 Å². The summed E-state index contributed by atoms with van der Waals surface area (Å²) in [5, 5.41) is 0. The van der Waals surface area contributed by atoms with Crippen LogP contribution >= 0.6 is 13.5 Å². The van der Waals surface area contributed by atoms with Crippen LogP contribution in [0.5, 0.6) is 0 Å². The Balaban J connectivity index is 0. The van der Waals surface area contributed by atoms with E-state index in [9.17, 15) is 0 Å². The molecule has 0 spiro atoms. The minimum Gasteiger partial charge on any atom is -0.197 e. The molecule has 0 saturated heterocycles. The van der Waals surface area contributed by atoms with E-state index in [0.717, 1.165) is 0 Å². The van der Waals surface area contributed by atoms with Crippen molar-refractivity contribution >= 4 is 69.2 Å². The second kappa shape index (κ2) is 19.8. The van der Waals surface area contributed by atoms with Crippen LogP contribution in [0.2, 0.25) is 0 Å². The molecule has 0 aliphatic heterocycles. The zero-order valence-electron chi connectivity index (χ0n) is 2.58. The van der Waals surface area contributed by atoms with Gasteiger partial charge in [-0.2, -0.15) is 13.5 Å². The van der Waals surface area contributed by atoms with Crippen molar-refractivity contribution in [3.05, 3.63) is 0 Å². The second-order valence-corrected chi connectivity index (χ2v) is 0. The summed E-state index contributed by atoms with van der Waals surface area (Å²) in [7, 11) is 0. The van der Waals surface area contributed by atoms with Gasteiger partial charge in [-0.1, -0.05) is 0 Å². The minimum atomic E-state index is 0. The molecule has 0 amide bonds. The van der Waals surface area contributed by atoms with Crippen molar-refractivity contribution in [2.75, 3.05) is 0 Å². The third-order valence-corrected chi connectivity index (χ3v) is 0. The third kappa shape index (κ3) is 8.98. The quantitative estimate of drug-likeness (QED) is 0.422. The minimum absolute atomic E-state index is 0. The molecule has 4 heteroatoms. The molecule has 8 radical (unpaired) electrons. The number of hydrogen-bond acceptors (Lipinski definition) is 0. The van der Waals surface area contributed by atoms with E-state index in [4.69, 9.17) is 0 Å². The second-order valence-electron chi connectivity index (χ2n) is 0. The van der Waals surface area contributed by atoms with Crippen molar-refractivity contribution in [1.82, 2.24) is 0 Å². The summed E-state index contributed by atoms with van der Waals surface area (Å²) in [5.74, 6) is 0. The molecule has 16 valence electrons. The SMILES string of the molecule is S.[In].[Li].[Si]. The van der Waals surface area contributed by atoms with Crippen LogP contribution in [0.1, 0.15) is 0 Å². The average molecular weight is 184 g/mol. The van der Waals surface area contributed by atoms with Crippen molar-refractivity contribution in [3.63, 3.8) is 0 Å². The van der Waals surface area contributed by atoms with Gasteiger partial charge >= 0.3 is 0 Å². The first kappa shape index (κ1) is 37.0. The Morgan fingerprint density at radius 2 is 1.00 bits per heavy atom. The maximum absolute atomic E-state index is 0. The molecule has 0 fully saturated rings. The molecule has 0 saturated carbocycles. The van der Waals surface area contributed by atoms with Crippen molar-refractivity contribution in [3.8, 4) is 0 Å². The Morgan fingerprint density at radius 1 is 1.00 bits per heavy atom. The summed E-state index contributed by atoms with van der Waals surface area (Å²) in [5.41, 5.74) is 0. The zero-order valence-corrected chi connectivity index (χ0v) is 7.87. The van der Waals surface area contributed by atoms with Gasteiger partial charge in [-0.3, -0.25) is 0 Å². The van der Waals surface area contributed by atoms with E-state index in [2.05, 4.69) is 0 Å². The molecule has 0 aliphatic carbocycles. The molecule has 0 bridgehead atoms. The molecule has 0 heterocycles. The van der Waals surface area contributed by atoms with Crippen molar-refractivity contribution < 1.29 is 0 Å². The molecule has 0 aliphatic rings. The van der Waals surface area contributed by atoms with Crippen LogP contribution in [-0.2, 0) is 0 Å². The van der Waals surface area contributed by atoms with Gasteiger partial charge in [-0.25, -0.2) is 0 Å². The summed E-state index contributed by atoms with van der Waals surface area (Å²) >= 11 is 0. The molecule has 0 rings (SSSR count).